The van der Waals surface area contributed by atoms with Gasteiger partial charge < -0.3 is 9.64 Å². The molecular weight excluding hydrogens is 522 g/mol. The lowest BCUT2D eigenvalue weighted by molar-refractivity contribution is -0.0729. The summed E-state index contributed by atoms with van der Waals surface area (Å²) in [4.78, 5) is 16.8. The summed E-state index contributed by atoms with van der Waals surface area (Å²) in [5, 5.41) is 6.54. The number of hydrazone groups is 2. The predicted molar refractivity (Wildman–Crippen MR) is 143 cm³/mol. The van der Waals surface area contributed by atoms with Gasteiger partial charge in [0.2, 0.25) is 5.90 Å². The van der Waals surface area contributed by atoms with E-state index < -0.39 is 23.8 Å². The maximum Gasteiger partial charge on any atom is 0.470 e. The molecule has 7 nitrogen and oxygen atoms in total. The van der Waals surface area contributed by atoms with Crippen LogP contribution in [0.1, 0.15) is 44.4 Å². The van der Waals surface area contributed by atoms with E-state index in [4.69, 9.17) is 4.74 Å². The zero-order valence-electron chi connectivity index (χ0n) is 21.9. The lowest BCUT2D eigenvalue weighted by Crippen LogP contribution is -2.44. The maximum absolute atomic E-state index is 15.2. The van der Waals surface area contributed by atoms with E-state index in [1.54, 1.807) is 16.7 Å². The lowest BCUT2D eigenvalue weighted by atomic mass is 9.87. The molecule has 0 saturated carbocycles. The van der Waals surface area contributed by atoms with E-state index in [0.717, 1.165) is 17.4 Å². The number of urea groups is 1. The molecule has 0 saturated heterocycles. The van der Waals surface area contributed by atoms with Crippen LogP contribution >= 0.6 is 11.8 Å². The number of benzene rings is 2. The van der Waals surface area contributed by atoms with Gasteiger partial charge >= 0.3 is 18.1 Å². The van der Waals surface area contributed by atoms with Crippen LogP contribution in [-0.4, -0.2) is 54.0 Å². The Bertz CT molecular complexity index is 1190. The Hall–Kier alpha value is -3.28. The van der Waals surface area contributed by atoms with Gasteiger partial charge in [-0.1, -0.05) is 39.0 Å². The predicted octanol–water partition coefficient (Wildman–Crippen LogP) is 6.09. The van der Waals surface area contributed by atoms with Crippen LogP contribution in [0.5, 0.6) is 0 Å². The van der Waals surface area contributed by atoms with Gasteiger partial charge in [0, 0.05) is 35.7 Å². The van der Waals surface area contributed by atoms with Gasteiger partial charge in [-0.05, 0) is 48.4 Å². The van der Waals surface area contributed by atoms with Crippen LogP contribution in [0.4, 0.5) is 28.0 Å². The number of rotatable bonds is 8. The van der Waals surface area contributed by atoms with E-state index >= 15 is 4.39 Å². The molecule has 2 aromatic carbocycles. The van der Waals surface area contributed by atoms with Crippen molar-refractivity contribution in [2.75, 3.05) is 30.0 Å². The molecule has 0 aromatic heterocycles. The molecule has 0 radical (unpaired) electrons. The molecule has 12 heteroatoms. The number of hydrogen-bond donors (Lipinski definition) is 1. The largest absolute Gasteiger partial charge is 0.470 e. The Morgan fingerprint density at radius 2 is 1.76 bits per heavy atom. The molecule has 2 amide bonds. The minimum Gasteiger partial charge on any atom is -0.413 e. The Labute approximate surface area is 223 Å². The van der Waals surface area contributed by atoms with E-state index in [9.17, 15) is 18.0 Å². The first kappa shape index (κ1) is 29.3. The van der Waals surface area contributed by atoms with Crippen molar-refractivity contribution in [3.8, 4) is 0 Å². The van der Waals surface area contributed by atoms with Crippen molar-refractivity contribution in [1.29, 1.82) is 0 Å². The number of nitrogens with zero attached hydrogens (tertiary/aromatic N) is 4. The van der Waals surface area contributed by atoms with Crippen molar-refractivity contribution in [2.45, 2.75) is 45.8 Å². The van der Waals surface area contributed by atoms with Crippen molar-refractivity contribution in [3.05, 3.63) is 65.0 Å². The fraction of sp³-hybridized carbons (Fsp3) is 0.423. The molecule has 0 bridgehead atoms. The Morgan fingerprint density at radius 3 is 2.32 bits per heavy atom. The summed E-state index contributed by atoms with van der Waals surface area (Å²) in [6.45, 7) is 9.06. The number of anilines is 1. The van der Waals surface area contributed by atoms with Crippen LogP contribution in [-0.2, 0) is 16.7 Å². The molecule has 1 N–H and O–H groups in total. The van der Waals surface area contributed by atoms with Crippen LogP contribution in [0.2, 0.25) is 0 Å². The highest BCUT2D eigenvalue weighted by Crippen LogP contribution is 2.28. The van der Waals surface area contributed by atoms with Gasteiger partial charge in [-0.25, -0.2) is 9.18 Å². The van der Waals surface area contributed by atoms with Gasteiger partial charge in [0.1, 0.15) is 5.82 Å². The highest BCUT2D eigenvalue weighted by molar-refractivity contribution is 7.98. The van der Waals surface area contributed by atoms with E-state index in [-0.39, 0.29) is 29.1 Å². The maximum atomic E-state index is 15.2. The zero-order valence-corrected chi connectivity index (χ0v) is 22.7. The Morgan fingerprint density at radius 1 is 1.08 bits per heavy atom. The SMILES string of the molecule is CCN(CCSC)C(=O)N(Cc1ccc(C2=NNN=C(C(F)(F)F)O2)cc1F)c1ccc(C(C)(C)C)cc1. The molecule has 0 spiro atoms. The summed E-state index contributed by atoms with van der Waals surface area (Å²) in [5.74, 6) is -1.98. The fourth-order valence-electron chi connectivity index (χ4n) is 3.65. The number of alkyl halides is 3. The van der Waals surface area contributed by atoms with E-state index in [1.165, 1.54) is 17.0 Å². The van der Waals surface area contributed by atoms with Crippen molar-refractivity contribution in [2.24, 2.45) is 10.2 Å². The summed E-state index contributed by atoms with van der Waals surface area (Å²) >= 11 is 1.62. The molecule has 1 aliphatic heterocycles. The third kappa shape index (κ3) is 7.18. The number of hydrogen-bond acceptors (Lipinski definition) is 6. The highest BCUT2D eigenvalue weighted by atomic mass is 32.2. The molecule has 2 aromatic rings. The number of ether oxygens (including phenoxy) is 1. The second-order valence-electron chi connectivity index (χ2n) is 9.58. The molecular formula is C26H31F4N5O2S. The second kappa shape index (κ2) is 12.1. The molecule has 3 rings (SSSR count). The first-order valence-corrected chi connectivity index (χ1v) is 13.3. The molecule has 0 atom stereocenters. The molecule has 0 aliphatic carbocycles. The summed E-state index contributed by atoms with van der Waals surface area (Å²) in [7, 11) is 0. The summed E-state index contributed by atoms with van der Waals surface area (Å²) in [6, 6.07) is 11.1. The van der Waals surface area contributed by atoms with Crippen LogP contribution in [0.3, 0.4) is 0 Å². The van der Waals surface area contributed by atoms with Crippen molar-refractivity contribution in [1.82, 2.24) is 10.4 Å². The molecule has 0 fully saturated rings. The second-order valence-corrected chi connectivity index (χ2v) is 10.6. The van der Waals surface area contributed by atoms with Gasteiger partial charge in [-0.2, -0.15) is 30.5 Å². The Kier molecular flexibility index (Phi) is 9.29. The summed E-state index contributed by atoms with van der Waals surface area (Å²) < 4.78 is 58.8. The minimum atomic E-state index is -4.84. The van der Waals surface area contributed by atoms with E-state index in [1.807, 2.05) is 43.0 Å². The number of carbonyl (C=O) groups excluding carboxylic acids is 1. The normalized spacial score (nSPS) is 13.7. The number of amides is 2. The van der Waals surface area contributed by atoms with E-state index in [2.05, 4.69) is 31.0 Å². The highest BCUT2D eigenvalue weighted by Gasteiger charge is 2.41. The van der Waals surface area contributed by atoms with E-state index in [0.29, 0.717) is 18.8 Å². The van der Waals surface area contributed by atoms with Crippen LogP contribution < -0.4 is 10.4 Å². The third-order valence-corrected chi connectivity index (χ3v) is 6.45. The number of halogens is 4. The molecule has 38 heavy (non-hydrogen) atoms. The van der Waals surface area contributed by atoms with Crippen molar-refractivity contribution < 1.29 is 27.1 Å². The number of thioether (sulfide) groups is 1. The van der Waals surface area contributed by atoms with Crippen molar-refractivity contribution in [3.63, 3.8) is 0 Å². The molecule has 0 unspecified atom stereocenters. The lowest BCUT2D eigenvalue weighted by Gasteiger charge is -2.31. The third-order valence-electron chi connectivity index (χ3n) is 5.86. The number of carbonyl (C=O) groups is 1. The standard InChI is InChI=1S/C26H31F4N5O2S/c1-6-34(13-14-38-5)24(36)35(20-11-9-19(10-12-20)25(2,3)4)16-18-8-7-17(15-21(18)27)22-31-33-32-23(37-22)26(28,29)30/h7-12,15,33H,6,13-14,16H2,1-5H3. The van der Waals surface area contributed by atoms with Crippen molar-refractivity contribution >= 4 is 35.3 Å². The first-order chi connectivity index (χ1) is 17.8. The molecule has 1 heterocycles. The summed E-state index contributed by atoms with van der Waals surface area (Å²) in [5.41, 5.74) is 3.66. The van der Waals surface area contributed by atoms with Gasteiger partial charge in [0.15, 0.2) is 0 Å². The van der Waals surface area contributed by atoms with Gasteiger partial charge in [-0.3, -0.25) is 4.90 Å². The Balaban J connectivity index is 1.91. The first-order valence-electron chi connectivity index (χ1n) is 11.9. The minimum absolute atomic E-state index is 0.0158. The fourth-order valence-corrected chi connectivity index (χ4v) is 4.05. The monoisotopic (exact) mass is 553 g/mol. The van der Waals surface area contributed by atoms with Gasteiger partial charge in [0.25, 0.3) is 0 Å². The smallest absolute Gasteiger partial charge is 0.413 e. The molecule has 1 aliphatic rings. The quantitative estimate of drug-likeness (QED) is 0.402. The average Bonchev–Trinajstić information content (AvgIpc) is 2.87. The van der Waals surface area contributed by atoms with Gasteiger partial charge in [0.05, 0.1) is 6.54 Å². The number of nitrogens with one attached hydrogen (secondary N) is 1. The average molecular weight is 554 g/mol. The van der Waals surface area contributed by atoms with Crippen LogP contribution in [0.15, 0.2) is 52.7 Å². The summed E-state index contributed by atoms with van der Waals surface area (Å²) in [6.07, 6.45) is -2.88. The topological polar surface area (TPSA) is 69.5 Å². The van der Waals surface area contributed by atoms with Gasteiger partial charge in [-0.15, -0.1) is 10.2 Å². The zero-order chi connectivity index (χ0) is 28.1. The van der Waals surface area contributed by atoms with Crippen LogP contribution in [0.25, 0.3) is 0 Å². The van der Waals surface area contributed by atoms with Crippen LogP contribution in [0, 0.1) is 5.82 Å². The molecule has 206 valence electrons.